The first-order chi connectivity index (χ1) is 8.58. The predicted molar refractivity (Wildman–Crippen MR) is 74.1 cm³/mol. The van der Waals surface area contributed by atoms with Crippen LogP contribution in [0.5, 0.6) is 0 Å². The lowest BCUT2D eigenvalue weighted by atomic mass is 10.2. The van der Waals surface area contributed by atoms with Crippen LogP contribution in [0.3, 0.4) is 0 Å². The summed E-state index contributed by atoms with van der Waals surface area (Å²) in [6.45, 7) is 2.64. The van der Waals surface area contributed by atoms with Crippen LogP contribution >= 0.6 is 22.9 Å². The molecule has 0 saturated heterocycles. The number of amides is 1. The highest BCUT2D eigenvalue weighted by molar-refractivity contribution is 7.10. The van der Waals surface area contributed by atoms with Crippen LogP contribution in [-0.4, -0.2) is 22.8 Å². The van der Waals surface area contributed by atoms with Crippen molar-refractivity contribution in [3.05, 3.63) is 50.9 Å². The van der Waals surface area contributed by atoms with Crippen LogP contribution in [0.15, 0.2) is 29.6 Å². The molecule has 2 heterocycles. The summed E-state index contributed by atoms with van der Waals surface area (Å²) in [5.41, 5.74) is 1.58. The number of aromatic nitrogens is 1. The van der Waals surface area contributed by atoms with E-state index in [0.29, 0.717) is 17.4 Å². The number of halogens is 1. The first-order valence-corrected chi connectivity index (χ1v) is 6.74. The van der Waals surface area contributed by atoms with Gasteiger partial charge in [0.2, 0.25) is 0 Å². The molecule has 5 heteroatoms. The molecule has 0 atom stereocenters. The molecule has 2 rings (SSSR count). The summed E-state index contributed by atoms with van der Waals surface area (Å²) in [7, 11) is 1.77. The number of carbonyl (C=O) groups is 1. The third-order valence-corrected chi connectivity index (χ3v) is 3.85. The van der Waals surface area contributed by atoms with Gasteiger partial charge >= 0.3 is 0 Å². The number of hydrogen-bond acceptors (Lipinski definition) is 3. The molecule has 94 valence electrons. The molecule has 0 aliphatic heterocycles. The van der Waals surface area contributed by atoms with Crippen molar-refractivity contribution in [2.45, 2.75) is 13.5 Å². The van der Waals surface area contributed by atoms with Gasteiger partial charge in [0, 0.05) is 11.9 Å². The lowest BCUT2D eigenvalue weighted by Gasteiger charge is -2.16. The van der Waals surface area contributed by atoms with Gasteiger partial charge in [0.25, 0.3) is 5.91 Å². The van der Waals surface area contributed by atoms with Crippen molar-refractivity contribution < 1.29 is 4.79 Å². The molecule has 3 nitrogen and oxygen atoms in total. The number of nitrogens with zero attached hydrogens (tertiary/aromatic N) is 2. The maximum absolute atomic E-state index is 12.1. The number of rotatable bonds is 3. The van der Waals surface area contributed by atoms with Crippen molar-refractivity contribution in [2.75, 3.05) is 7.05 Å². The Balaban J connectivity index is 2.12. The Morgan fingerprint density at radius 2 is 2.22 bits per heavy atom. The van der Waals surface area contributed by atoms with Gasteiger partial charge in [-0.15, -0.1) is 11.3 Å². The molecule has 2 aromatic rings. The standard InChI is InChI=1S/C13H13ClN2OS/c1-9-6-7-18-11(9)8-16(2)13(17)10-4-3-5-12(14)15-10/h3-7H,8H2,1-2H3. The molecular weight excluding hydrogens is 268 g/mol. The topological polar surface area (TPSA) is 33.2 Å². The Labute approximate surface area is 115 Å². The van der Waals surface area contributed by atoms with Crippen molar-refractivity contribution in [1.29, 1.82) is 0 Å². The van der Waals surface area contributed by atoms with Crippen molar-refractivity contribution >= 4 is 28.8 Å². The molecule has 1 amide bonds. The molecule has 0 aliphatic rings. The normalized spacial score (nSPS) is 10.4. The van der Waals surface area contributed by atoms with Gasteiger partial charge in [0.15, 0.2) is 0 Å². The van der Waals surface area contributed by atoms with Crippen LogP contribution in [0.25, 0.3) is 0 Å². The molecule has 0 bridgehead atoms. The van der Waals surface area contributed by atoms with Gasteiger partial charge in [0.05, 0.1) is 6.54 Å². The largest absolute Gasteiger partial charge is 0.335 e. The fourth-order valence-corrected chi connectivity index (χ4v) is 2.70. The summed E-state index contributed by atoms with van der Waals surface area (Å²) in [5.74, 6) is -0.120. The third kappa shape index (κ3) is 2.89. The van der Waals surface area contributed by atoms with E-state index in [4.69, 9.17) is 11.6 Å². The number of aryl methyl sites for hydroxylation is 1. The Morgan fingerprint density at radius 3 is 2.83 bits per heavy atom. The molecule has 0 aliphatic carbocycles. The Morgan fingerprint density at radius 1 is 1.44 bits per heavy atom. The summed E-state index contributed by atoms with van der Waals surface area (Å²) < 4.78 is 0. The third-order valence-electron chi connectivity index (χ3n) is 2.63. The number of hydrogen-bond donors (Lipinski definition) is 0. The lowest BCUT2D eigenvalue weighted by molar-refractivity contribution is 0.0780. The second-order valence-electron chi connectivity index (χ2n) is 4.03. The summed E-state index contributed by atoms with van der Waals surface area (Å²) >= 11 is 7.44. The fourth-order valence-electron chi connectivity index (χ4n) is 1.58. The Bertz CT molecular complexity index is 568. The van der Waals surface area contributed by atoms with E-state index in [2.05, 4.69) is 11.1 Å². The zero-order valence-electron chi connectivity index (χ0n) is 10.2. The minimum atomic E-state index is -0.120. The minimum absolute atomic E-state index is 0.120. The summed E-state index contributed by atoms with van der Waals surface area (Å²) in [6.07, 6.45) is 0. The van der Waals surface area contributed by atoms with Gasteiger partial charge in [-0.1, -0.05) is 17.7 Å². The molecule has 0 spiro atoms. The van der Waals surface area contributed by atoms with Crippen LogP contribution in [0.2, 0.25) is 5.15 Å². The van der Waals surface area contributed by atoms with E-state index in [1.165, 1.54) is 10.4 Å². The van der Waals surface area contributed by atoms with Crippen LogP contribution in [0, 0.1) is 6.92 Å². The highest BCUT2D eigenvalue weighted by Crippen LogP contribution is 2.18. The van der Waals surface area contributed by atoms with Gasteiger partial charge < -0.3 is 4.90 Å². The van der Waals surface area contributed by atoms with Crippen molar-refractivity contribution in [1.82, 2.24) is 9.88 Å². The predicted octanol–water partition coefficient (Wildman–Crippen LogP) is 3.38. The van der Waals surface area contributed by atoms with Gasteiger partial charge in [-0.2, -0.15) is 0 Å². The van der Waals surface area contributed by atoms with E-state index in [0.717, 1.165) is 0 Å². The molecule has 0 saturated carbocycles. The molecule has 0 unspecified atom stereocenters. The van der Waals surface area contributed by atoms with Crippen LogP contribution in [0.1, 0.15) is 20.9 Å². The van der Waals surface area contributed by atoms with E-state index in [-0.39, 0.29) is 5.91 Å². The highest BCUT2D eigenvalue weighted by atomic mass is 35.5. The van der Waals surface area contributed by atoms with E-state index in [9.17, 15) is 4.79 Å². The van der Waals surface area contributed by atoms with E-state index in [1.807, 2.05) is 12.3 Å². The molecule has 2 aromatic heterocycles. The zero-order valence-corrected chi connectivity index (χ0v) is 11.8. The van der Waals surface area contributed by atoms with Gasteiger partial charge in [-0.25, -0.2) is 4.98 Å². The maximum Gasteiger partial charge on any atom is 0.272 e. The maximum atomic E-state index is 12.1. The summed E-state index contributed by atoms with van der Waals surface area (Å²) in [4.78, 5) is 19.0. The molecule has 18 heavy (non-hydrogen) atoms. The molecule has 0 aromatic carbocycles. The van der Waals surface area contributed by atoms with E-state index < -0.39 is 0 Å². The van der Waals surface area contributed by atoms with E-state index >= 15 is 0 Å². The minimum Gasteiger partial charge on any atom is -0.335 e. The van der Waals surface area contributed by atoms with E-state index in [1.54, 1.807) is 41.5 Å². The molecular formula is C13H13ClN2OS. The monoisotopic (exact) mass is 280 g/mol. The quantitative estimate of drug-likeness (QED) is 0.808. The van der Waals surface area contributed by atoms with Gasteiger partial charge in [-0.05, 0) is 36.1 Å². The highest BCUT2D eigenvalue weighted by Gasteiger charge is 2.14. The van der Waals surface area contributed by atoms with Crippen molar-refractivity contribution in [2.24, 2.45) is 0 Å². The fraction of sp³-hybridized carbons (Fsp3) is 0.231. The summed E-state index contributed by atoms with van der Waals surface area (Å²) in [5, 5.41) is 2.36. The van der Waals surface area contributed by atoms with Crippen LogP contribution in [0.4, 0.5) is 0 Å². The molecule has 0 radical (unpaired) electrons. The van der Waals surface area contributed by atoms with Crippen molar-refractivity contribution in [3.8, 4) is 0 Å². The number of pyridine rings is 1. The summed E-state index contributed by atoms with van der Waals surface area (Å²) in [6, 6.07) is 7.11. The smallest absolute Gasteiger partial charge is 0.272 e. The first kappa shape index (κ1) is 13.1. The van der Waals surface area contributed by atoms with Crippen LogP contribution < -0.4 is 0 Å². The Hall–Kier alpha value is -1.39. The van der Waals surface area contributed by atoms with Crippen LogP contribution in [-0.2, 0) is 6.54 Å². The average Bonchev–Trinajstić information content (AvgIpc) is 2.74. The number of carbonyl (C=O) groups excluding carboxylic acids is 1. The number of thiophene rings is 1. The second-order valence-corrected chi connectivity index (χ2v) is 5.42. The second kappa shape index (κ2) is 5.50. The van der Waals surface area contributed by atoms with Crippen molar-refractivity contribution in [3.63, 3.8) is 0 Å². The SMILES string of the molecule is Cc1ccsc1CN(C)C(=O)c1cccc(Cl)n1. The van der Waals surface area contributed by atoms with Gasteiger partial charge in [0.1, 0.15) is 10.8 Å². The van der Waals surface area contributed by atoms with Gasteiger partial charge in [-0.3, -0.25) is 4.79 Å². The molecule has 0 fully saturated rings. The molecule has 0 N–H and O–H groups in total. The Kier molecular flexibility index (Phi) is 3.99. The lowest BCUT2D eigenvalue weighted by Crippen LogP contribution is -2.26. The average molecular weight is 281 g/mol. The zero-order chi connectivity index (χ0) is 13.1. The first-order valence-electron chi connectivity index (χ1n) is 5.49.